The minimum atomic E-state index is -4.51. The number of nitrogens with zero attached hydrogens (tertiary/aromatic N) is 4. The highest BCUT2D eigenvalue weighted by Crippen LogP contribution is 2.31. The molecule has 0 saturated carbocycles. The Hall–Kier alpha value is -2.24. The number of hydrogen-bond donors (Lipinski definition) is 0. The van der Waals surface area contributed by atoms with Crippen molar-refractivity contribution in [3.8, 4) is 0 Å². The lowest BCUT2D eigenvalue weighted by Gasteiger charge is -2.30. The molecule has 2 aromatic rings. The monoisotopic (exact) mass is 428 g/mol. The Labute approximate surface area is 166 Å². The molecule has 0 amide bonds. The number of sulfonamides is 1. The fourth-order valence-electron chi connectivity index (χ4n) is 3.35. The number of morpholine rings is 1. The van der Waals surface area contributed by atoms with E-state index in [-0.39, 0.29) is 18.0 Å². The van der Waals surface area contributed by atoms with Gasteiger partial charge in [0.1, 0.15) is 0 Å². The maximum absolute atomic E-state index is 12.9. The minimum Gasteiger partial charge on any atom is -0.378 e. The van der Waals surface area contributed by atoms with Gasteiger partial charge in [-0.15, -0.1) is 0 Å². The van der Waals surface area contributed by atoms with Gasteiger partial charge in [-0.2, -0.15) is 17.5 Å². The SMILES string of the molecule is O=S(=O)(c1ccc(C(F)(F)F)cc1)N1CCc2cnc(N3CCOCC3)nc2C1. The van der Waals surface area contributed by atoms with Crippen LogP contribution in [0.15, 0.2) is 35.4 Å². The number of anilines is 1. The summed E-state index contributed by atoms with van der Waals surface area (Å²) in [6.45, 7) is 2.75. The number of hydrogen-bond acceptors (Lipinski definition) is 6. The second-order valence-electron chi connectivity index (χ2n) is 6.85. The van der Waals surface area contributed by atoms with E-state index in [1.54, 1.807) is 6.20 Å². The van der Waals surface area contributed by atoms with Crippen molar-refractivity contribution in [2.24, 2.45) is 0 Å². The van der Waals surface area contributed by atoms with E-state index >= 15 is 0 Å². The van der Waals surface area contributed by atoms with Crippen LogP contribution < -0.4 is 4.90 Å². The molecular weight excluding hydrogens is 409 g/mol. The van der Waals surface area contributed by atoms with Gasteiger partial charge < -0.3 is 9.64 Å². The molecule has 0 N–H and O–H groups in total. The van der Waals surface area contributed by atoms with Crippen LogP contribution in [0.25, 0.3) is 0 Å². The predicted octanol–water partition coefficient (Wildman–Crippen LogP) is 2.08. The maximum Gasteiger partial charge on any atom is 0.416 e. The summed E-state index contributed by atoms with van der Waals surface area (Å²) >= 11 is 0. The molecule has 1 aromatic carbocycles. The van der Waals surface area contributed by atoms with Gasteiger partial charge in [0.25, 0.3) is 0 Å². The average Bonchev–Trinajstić information content (AvgIpc) is 2.73. The molecule has 0 unspecified atom stereocenters. The molecule has 2 aliphatic heterocycles. The Bertz CT molecular complexity index is 990. The van der Waals surface area contributed by atoms with E-state index in [9.17, 15) is 21.6 Å². The van der Waals surface area contributed by atoms with E-state index in [1.165, 1.54) is 4.31 Å². The zero-order valence-electron chi connectivity index (χ0n) is 15.4. The molecule has 1 fully saturated rings. The molecule has 29 heavy (non-hydrogen) atoms. The molecule has 0 bridgehead atoms. The van der Waals surface area contributed by atoms with Crippen molar-refractivity contribution < 1.29 is 26.3 Å². The summed E-state index contributed by atoms with van der Waals surface area (Å²) in [6.07, 6.45) is -2.35. The van der Waals surface area contributed by atoms with Crippen molar-refractivity contribution in [1.82, 2.24) is 14.3 Å². The third-order valence-corrected chi connectivity index (χ3v) is 6.87. The summed E-state index contributed by atoms with van der Waals surface area (Å²) < 4.78 is 70.6. The molecule has 11 heteroatoms. The molecular formula is C18H19F3N4O3S. The maximum atomic E-state index is 12.9. The van der Waals surface area contributed by atoms with Crippen LogP contribution in [0.5, 0.6) is 0 Å². The zero-order chi connectivity index (χ0) is 20.6. The van der Waals surface area contributed by atoms with Gasteiger partial charge in [-0.25, -0.2) is 18.4 Å². The number of ether oxygens (including phenoxy) is 1. The van der Waals surface area contributed by atoms with Crippen LogP contribution in [0, 0.1) is 0 Å². The number of alkyl halides is 3. The minimum absolute atomic E-state index is 0.0541. The normalized spacial score (nSPS) is 18.5. The van der Waals surface area contributed by atoms with Gasteiger partial charge in [0.2, 0.25) is 16.0 Å². The second-order valence-corrected chi connectivity index (χ2v) is 8.79. The molecule has 0 spiro atoms. The predicted molar refractivity (Wildman–Crippen MR) is 97.8 cm³/mol. The van der Waals surface area contributed by atoms with Crippen molar-refractivity contribution in [2.45, 2.75) is 24.0 Å². The zero-order valence-corrected chi connectivity index (χ0v) is 16.2. The van der Waals surface area contributed by atoms with Gasteiger partial charge in [-0.1, -0.05) is 0 Å². The summed E-state index contributed by atoms with van der Waals surface area (Å²) in [5.41, 5.74) is 0.604. The highest BCUT2D eigenvalue weighted by molar-refractivity contribution is 7.89. The summed E-state index contributed by atoms with van der Waals surface area (Å²) in [5, 5.41) is 0. The topological polar surface area (TPSA) is 75.6 Å². The molecule has 0 atom stereocenters. The van der Waals surface area contributed by atoms with Crippen molar-refractivity contribution >= 4 is 16.0 Å². The number of rotatable bonds is 3. The second kappa shape index (κ2) is 7.54. The van der Waals surface area contributed by atoms with Crippen LogP contribution in [0.3, 0.4) is 0 Å². The number of benzene rings is 1. The van der Waals surface area contributed by atoms with Gasteiger partial charge >= 0.3 is 6.18 Å². The van der Waals surface area contributed by atoms with E-state index in [0.717, 1.165) is 29.8 Å². The summed E-state index contributed by atoms with van der Waals surface area (Å²) in [7, 11) is -3.93. The van der Waals surface area contributed by atoms with Gasteiger partial charge in [0.15, 0.2) is 0 Å². The average molecular weight is 428 g/mol. The standard InChI is InChI=1S/C18H19F3N4O3S/c19-18(20,21)14-1-3-15(4-2-14)29(26,27)25-6-5-13-11-22-17(23-16(13)12-25)24-7-9-28-10-8-24/h1-4,11H,5-10,12H2. The van der Waals surface area contributed by atoms with Gasteiger partial charge in [-0.05, 0) is 36.2 Å². The van der Waals surface area contributed by atoms with Crippen molar-refractivity contribution in [3.05, 3.63) is 47.3 Å². The summed E-state index contributed by atoms with van der Waals surface area (Å²) in [6, 6.07) is 3.55. The Morgan fingerprint density at radius 2 is 1.72 bits per heavy atom. The summed E-state index contributed by atoms with van der Waals surface area (Å²) in [5.74, 6) is 0.529. The summed E-state index contributed by atoms with van der Waals surface area (Å²) in [4.78, 5) is 10.7. The molecule has 7 nitrogen and oxygen atoms in total. The van der Waals surface area contributed by atoms with Crippen LogP contribution in [0.1, 0.15) is 16.8 Å². The van der Waals surface area contributed by atoms with Crippen molar-refractivity contribution in [2.75, 3.05) is 37.7 Å². The van der Waals surface area contributed by atoms with Crippen molar-refractivity contribution in [3.63, 3.8) is 0 Å². The Morgan fingerprint density at radius 3 is 2.38 bits per heavy atom. The van der Waals surface area contributed by atoms with E-state index in [1.807, 2.05) is 4.90 Å². The van der Waals surface area contributed by atoms with Crippen molar-refractivity contribution in [1.29, 1.82) is 0 Å². The fourth-order valence-corrected chi connectivity index (χ4v) is 4.76. The molecule has 0 radical (unpaired) electrons. The van der Waals surface area contributed by atoms with E-state index < -0.39 is 21.8 Å². The van der Waals surface area contributed by atoms with Gasteiger partial charge in [0, 0.05) is 25.8 Å². The largest absolute Gasteiger partial charge is 0.416 e. The van der Waals surface area contributed by atoms with Crippen LogP contribution in [0.4, 0.5) is 19.1 Å². The highest BCUT2D eigenvalue weighted by atomic mass is 32.2. The molecule has 156 valence electrons. The molecule has 0 aliphatic carbocycles. The first-order valence-corrected chi connectivity index (χ1v) is 10.5. The molecule has 4 rings (SSSR count). The van der Waals surface area contributed by atoms with Crippen LogP contribution in [0.2, 0.25) is 0 Å². The number of halogens is 3. The lowest BCUT2D eigenvalue weighted by Crippen LogP contribution is -2.39. The third-order valence-electron chi connectivity index (χ3n) is 5.01. The first kappa shape index (κ1) is 20.0. The Kier molecular flexibility index (Phi) is 5.21. The van der Waals surface area contributed by atoms with E-state index in [2.05, 4.69) is 9.97 Å². The smallest absolute Gasteiger partial charge is 0.378 e. The molecule has 1 saturated heterocycles. The lowest BCUT2D eigenvalue weighted by atomic mass is 10.1. The highest BCUT2D eigenvalue weighted by Gasteiger charge is 2.33. The first-order chi connectivity index (χ1) is 13.7. The first-order valence-electron chi connectivity index (χ1n) is 9.10. The number of aromatic nitrogens is 2. The molecule has 2 aliphatic rings. The molecule has 1 aromatic heterocycles. The quantitative estimate of drug-likeness (QED) is 0.745. The molecule has 3 heterocycles. The number of fused-ring (bicyclic) bond motifs is 1. The van der Waals surface area contributed by atoms with E-state index in [0.29, 0.717) is 44.4 Å². The third kappa shape index (κ3) is 4.07. The van der Waals surface area contributed by atoms with Crippen LogP contribution in [-0.2, 0) is 33.9 Å². The Balaban J connectivity index is 1.56. The van der Waals surface area contributed by atoms with Crippen LogP contribution in [-0.4, -0.2) is 55.5 Å². The van der Waals surface area contributed by atoms with Gasteiger partial charge in [-0.3, -0.25) is 0 Å². The fraction of sp³-hybridized carbons (Fsp3) is 0.444. The Morgan fingerprint density at radius 1 is 1.03 bits per heavy atom. The van der Waals surface area contributed by atoms with Crippen LogP contribution >= 0.6 is 0 Å². The lowest BCUT2D eigenvalue weighted by molar-refractivity contribution is -0.137. The van der Waals surface area contributed by atoms with E-state index in [4.69, 9.17) is 4.74 Å². The van der Waals surface area contributed by atoms with Gasteiger partial charge in [0.05, 0.1) is 35.9 Å².